The first-order valence-corrected chi connectivity index (χ1v) is 11.2. The van der Waals surface area contributed by atoms with Crippen molar-refractivity contribution in [2.24, 2.45) is 0 Å². The number of rotatable bonds is 7. The molecule has 1 saturated heterocycles. The van der Waals surface area contributed by atoms with Gasteiger partial charge in [0.1, 0.15) is 11.6 Å². The van der Waals surface area contributed by atoms with Gasteiger partial charge in [0, 0.05) is 42.6 Å². The average Bonchev–Trinajstić information content (AvgIpc) is 3.33. The third-order valence-corrected chi connectivity index (χ3v) is 7.07. The summed E-state index contributed by atoms with van der Waals surface area (Å²) < 4.78 is 7.81. The molecule has 0 unspecified atom stereocenters. The second-order valence-electron chi connectivity index (χ2n) is 8.89. The van der Waals surface area contributed by atoms with Gasteiger partial charge in [-0.3, -0.25) is 4.90 Å². The summed E-state index contributed by atoms with van der Waals surface area (Å²) >= 11 is 0. The van der Waals surface area contributed by atoms with Gasteiger partial charge in [-0.25, -0.2) is 4.98 Å². The Bertz CT molecular complexity index is 809. The molecule has 2 aromatic rings. The number of likely N-dealkylation sites (N-methyl/N-ethyl adjacent to an activating group) is 1. The Kier molecular flexibility index (Phi) is 6.26. The van der Waals surface area contributed by atoms with Crippen LogP contribution in [0.5, 0.6) is 5.75 Å². The van der Waals surface area contributed by atoms with Crippen molar-refractivity contribution in [1.29, 1.82) is 0 Å². The lowest BCUT2D eigenvalue weighted by molar-refractivity contribution is 0.188. The molecule has 0 amide bonds. The van der Waals surface area contributed by atoms with E-state index in [0.29, 0.717) is 11.6 Å². The van der Waals surface area contributed by atoms with Gasteiger partial charge in [-0.05, 0) is 50.4 Å². The summed E-state index contributed by atoms with van der Waals surface area (Å²) in [6.07, 6.45) is 12.1. The second-order valence-corrected chi connectivity index (χ2v) is 8.89. The van der Waals surface area contributed by atoms with Crippen LogP contribution >= 0.6 is 0 Å². The zero-order valence-corrected chi connectivity index (χ0v) is 18.3. The molecule has 29 heavy (non-hydrogen) atoms. The highest BCUT2D eigenvalue weighted by Crippen LogP contribution is 2.37. The van der Waals surface area contributed by atoms with Crippen molar-refractivity contribution >= 4 is 0 Å². The number of aromatic nitrogens is 2. The Labute approximate surface area is 175 Å². The van der Waals surface area contributed by atoms with E-state index in [9.17, 15) is 0 Å². The zero-order valence-electron chi connectivity index (χ0n) is 18.3. The van der Waals surface area contributed by atoms with Gasteiger partial charge in [0.15, 0.2) is 0 Å². The van der Waals surface area contributed by atoms with Crippen molar-refractivity contribution in [2.45, 2.75) is 77.0 Å². The fraction of sp³-hybridized carbons (Fsp3) is 0.625. The molecule has 1 aliphatic heterocycles. The van der Waals surface area contributed by atoms with Gasteiger partial charge >= 0.3 is 0 Å². The first-order valence-electron chi connectivity index (χ1n) is 11.2. The van der Waals surface area contributed by atoms with Gasteiger partial charge in [0.25, 0.3) is 0 Å². The van der Waals surface area contributed by atoms with Crippen molar-refractivity contribution in [2.75, 3.05) is 20.2 Å². The van der Waals surface area contributed by atoms with Crippen molar-refractivity contribution in [3.63, 3.8) is 0 Å². The summed E-state index contributed by atoms with van der Waals surface area (Å²) in [5.41, 5.74) is 3.00. The fourth-order valence-corrected chi connectivity index (χ4v) is 5.34. The number of imidazole rings is 1. The van der Waals surface area contributed by atoms with Gasteiger partial charge < -0.3 is 14.6 Å². The maximum Gasteiger partial charge on any atom is 0.123 e. The minimum absolute atomic E-state index is 0.417. The lowest BCUT2D eigenvalue weighted by Crippen LogP contribution is -2.41. The maximum atomic E-state index is 5.64. The third kappa shape index (κ3) is 4.51. The van der Waals surface area contributed by atoms with E-state index in [4.69, 9.17) is 4.74 Å². The average molecular weight is 397 g/mol. The van der Waals surface area contributed by atoms with E-state index in [-0.39, 0.29) is 0 Å². The Balaban J connectivity index is 1.47. The van der Waals surface area contributed by atoms with Gasteiger partial charge in [-0.15, -0.1) is 0 Å². The molecule has 5 heteroatoms. The summed E-state index contributed by atoms with van der Waals surface area (Å²) in [7, 11) is 1.76. The SMILES string of the molecule is CCN(Cc1ccc(OC)c(Cn2ccnc2C)c1)[C@H]1CNC2(CCCCC2)C1. The van der Waals surface area contributed by atoms with E-state index in [0.717, 1.165) is 37.8 Å². The number of aryl methyl sites for hydroxylation is 1. The van der Waals surface area contributed by atoms with Crippen LogP contribution in [0.4, 0.5) is 0 Å². The lowest BCUT2D eigenvalue weighted by Gasteiger charge is -2.35. The maximum absolute atomic E-state index is 5.64. The van der Waals surface area contributed by atoms with Crippen LogP contribution in [-0.2, 0) is 13.1 Å². The summed E-state index contributed by atoms with van der Waals surface area (Å²) in [5, 5.41) is 3.92. The standard InChI is InChI=1S/C24H36N4O/c1-4-27(22-15-24(26-16-22)10-6-5-7-11-24)17-20-8-9-23(29-3)21(14-20)18-28-13-12-25-19(28)2/h8-9,12-14,22,26H,4-7,10-11,15-18H2,1-3H3/t22-/m1/s1. The molecule has 2 heterocycles. The van der Waals surface area contributed by atoms with Crippen LogP contribution in [0.3, 0.4) is 0 Å². The molecule has 1 N–H and O–H groups in total. The lowest BCUT2D eigenvalue weighted by atomic mass is 9.80. The number of benzene rings is 1. The summed E-state index contributed by atoms with van der Waals surface area (Å²) in [6.45, 7) is 8.35. The molecular weight excluding hydrogens is 360 g/mol. The number of nitrogens with one attached hydrogen (secondary N) is 1. The van der Waals surface area contributed by atoms with Crippen molar-refractivity contribution in [3.8, 4) is 5.75 Å². The molecule has 1 aliphatic carbocycles. The molecule has 2 fully saturated rings. The van der Waals surface area contributed by atoms with E-state index >= 15 is 0 Å². The fourth-order valence-electron chi connectivity index (χ4n) is 5.34. The molecule has 1 aromatic carbocycles. The van der Waals surface area contributed by atoms with Gasteiger partial charge in [0.2, 0.25) is 0 Å². The highest BCUT2D eigenvalue weighted by molar-refractivity contribution is 5.37. The molecule has 0 bridgehead atoms. The number of hydrogen-bond donors (Lipinski definition) is 1. The first-order chi connectivity index (χ1) is 14.1. The van der Waals surface area contributed by atoms with E-state index in [1.807, 2.05) is 19.3 Å². The van der Waals surface area contributed by atoms with Gasteiger partial charge in [0.05, 0.1) is 13.7 Å². The highest BCUT2D eigenvalue weighted by atomic mass is 16.5. The van der Waals surface area contributed by atoms with Crippen LogP contribution in [0.1, 0.15) is 62.4 Å². The summed E-state index contributed by atoms with van der Waals surface area (Å²) in [4.78, 5) is 7.01. The highest BCUT2D eigenvalue weighted by Gasteiger charge is 2.40. The predicted octanol–water partition coefficient (Wildman–Crippen LogP) is 4.14. The smallest absolute Gasteiger partial charge is 0.123 e. The van der Waals surface area contributed by atoms with Crippen LogP contribution in [-0.4, -0.2) is 46.2 Å². The third-order valence-electron chi connectivity index (χ3n) is 7.07. The van der Waals surface area contributed by atoms with Crippen LogP contribution in [0.2, 0.25) is 0 Å². The Morgan fingerprint density at radius 2 is 2.10 bits per heavy atom. The minimum atomic E-state index is 0.417. The molecule has 4 rings (SSSR count). The van der Waals surface area contributed by atoms with Crippen LogP contribution in [0.25, 0.3) is 0 Å². The number of methoxy groups -OCH3 is 1. The second kappa shape index (κ2) is 8.88. The monoisotopic (exact) mass is 396 g/mol. The summed E-state index contributed by atoms with van der Waals surface area (Å²) in [6, 6.07) is 7.31. The predicted molar refractivity (Wildman–Crippen MR) is 117 cm³/mol. The molecule has 2 aliphatic rings. The molecule has 1 atom stereocenters. The minimum Gasteiger partial charge on any atom is -0.496 e. The van der Waals surface area contributed by atoms with E-state index in [2.05, 4.69) is 44.9 Å². The zero-order chi connectivity index (χ0) is 20.3. The van der Waals surface area contributed by atoms with Crippen molar-refractivity contribution in [3.05, 3.63) is 47.5 Å². The van der Waals surface area contributed by atoms with Crippen LogP contribution in [0.15, 0.2) is 30.6 Å². The first kappa shape index (κ1) is 20.4. The molecular formula is C24H36N4O. The molecule has 5 nitrogen and oxygen atoms in total. The Morgan fingerprint density at radius 3 is 2.79 bits per heavy atom. The molecule has 158 valence electrons. The topological polar surface area (TPSA) is 42.3 Å². The largest absolute Gasteiger partial charge is 0.496 e. The van der Waals surface area contributed by atoms with Gasteiger partial charge in [-0.2, -0.15) is 0 Å². The van der Waals surface area contributed by atoms with E-state index < -0.39 is 0 Å². The van der Waals surface area contributed by atoms with Crippen LogP contribution in [0, 0.1) is 6.92 Å². The quantitative estimate of drug-likeness (QED) is 0.764. The molecule has 0 radical (unpaired) electrons. The summed E-state index contributed by atoms with van der Waals surface area (Å²) in [5.74, 6) is 1.98. The van der Waals surface area contributed by atoms with Crippen LogP contribution < -0.4 is 10.1 Å². The van der Waals surface area contributed by atoms with E-state index in [1.54, 1.807) is 7.11 Å². The molecule has 1 saturated carbocycles. The Hall–Kier alpha value is -1.85. The number of nitrogens with zero attached hydrogens (tertiary/aromatic N) is 3. The molecule has 1 spiro atoms. The molecule has 1 aromatic heterocycles. The van der Waals surface area contributed by atoms with Gasteiger partial charge in [-0.1, -0.05) is 32.3 Å². The van der Waals surface area contributed by atoms with Crippen molar-refractivity contribution < 1.29 is 4.74 Å². The van der Waals surface area contributed by atoms with Crippen molar-refractivity contribution in [1.82, 2.24) is 19.8 Å². The number of hydrogen-bond acceptors (Lipinski definition) is 4. The van der Waals surface area contributed by atoms with E-state index in [1.165, 1.54) is 49.7 Å². The number of ether oxygens (including phenoxy) is 1. The normalized spacial score (nSPS) is 21.2. The Morgan fingerprint density at radius 1 is 1.28 bits per heavy atom.